The lowest BCUT2D eigenvalue weighted by Gasteiger charge is -2.32. The van der Waals surface area contributed by atoms with Crippen molar-refractivity contribution in [3.05, 3.63) is 54.1 Å². The van der Waals surface area contributed by atoms with Gasteiger partial charge in [-0.3, -0.25) is 0 Å². The lowest BCUT2D eigenvalue weighted by molar-refractivity contribution is 0.437. The number of para-hydroxylation sites is 1. The Morgan fingerprint density at radius 2 is 1.69 bits per heavy atom. The Balaban J connectivity index is 1.68. The maximum atomic E-state index is 13.5. The van der Waals surface area contributed by atoms with E-state index < -0.39 is 9.84 Å². The Morgan fingerprint density at radius 3 is 2.38 bits per heavy atom. The van der Waals surface area contributed by atoms with Gasteiger partial charge in [0, 0.05) is 18.5 Å². The van der Waals surface area contributed by atoms with Gasteiger partial charge in [0.15, 0.2) is 5.65 Å². The van der Waals surface area contributed by atoms with E-state index in [9.17, 15) is 8.42 Å². The molecule has 7 nitrogen and oxygen atoms in total. The van der Waals surface area contributed by atoms with Gasteiger partial charge in [0.25, 0.3) is 0 Å². The van der Waals surface area contributed by atoms with E-state index in [0.29, 0.717) is 11.8 Å². The van der Waals surface area contributed by atoms with Crippen LogP contribution < -0.4 is 4.90 Å². The molecule has 0 spiro atoms. The van der Waals surface area contributed by atoms with Gasteiger partial charge in [-0.15, -0.1) is 5.10 Å². The summed E-state index contributed by atoms with van der Waals surface area (Å²) in [5.74, 6) is 1.81. The van der Waals surface area contributed by atoms with Gasteiger partial charge >= 0.3 is 0 Å². The zero-order chi connectivity index (χ0) is 22.5. The number of benzene rings is 2. The average molecular weight is 450 g/mol. The first kappa shape index (κ1) is 20.9. The molecular weight excluding hydrogens is 422 g/mol. The van der Waals surface area contributed by atoms with Crippen molar-refractivity contribution in [2.24, 2.45) is 5.92 Å². The van der Waals surface area contributed by atoms with E-state index in [0.717, 1.165) is 48.2 Å². The summed E-state index contributed by atoms with van der Waals surface area (Å²) in [7, 11) is -3.87. The van der Waals surface area contributed by atoms with Crippen LogP contribution in [0, 0.1) is 5.92 Å². The highest BCUT2D eigenvalue weighted by atomic mass is 32.2. The maximum absolute atomic E-state index is 13.5. The lowest BCUT2D eigenvalue weighted by Crippen LogP contribution is -2.33. The predicted octanol–water partition coefficient (Wildman–Crippen LogP) is 4.47. The number of aromatic nitrogens is 4. The van der Waals surface area contributed by atoms with Gasteiger partial charge in [-0.05, 0) is 54.5 Å². The molecule has 4 aromatic rings. The van der Waals surface area contributed by atoms with Gasteiger partial charge in [-0.25, -0.2) is 13.4 Å². The topological polar surface area (TPSA) is 80.5 Å². The third kappa shape index (κ3) is 3.43. The van der Waals surface area contributed by atoms with Crippen LogP contribution in [0.2, 0.25) is 0 Å². The first-order valence-electron chi connectivity index (χ1n) is 11.1. The Kier molecular flexibility index (Phi) is 5.12. The van der Waals surface area contributed by atoms with Gasteiger partial charge in [0.05, 0.1) is 10.4 Å². The highest BCUT2D eigenvalue weighted by molar-refractivity contribution is 7.91. The Bertz CT molecular complexity index is 1390. The minimum absolute atomic E-state index is 0.104. The van der Waals surface area contributed by atoms with Gasteiger partial charge < -0.3 is 4.90 Å². The third-order valence-corrected chi connectivity index (χ3v) is 8.06. The zero-order valence-corrected chi connectivity index (χ0v) is 19.4. The van der Waals surface area contributed by atoms with Crippen LogP contribution >= 0.6 is 0 Å². The standard InChI is InChI=1S/C24H27N5O2S/c1-16(2)18-8-10-19(11-9-18)32(30,31)24-23-25-22(28-14-12-17(3)13-15-28)20-6-4-5-7-21(20)29(23)27-26-24/h4-11,16-17H,12-15H2,1-3H3. The van der Waals surface area contributed by atoms with Crippen molar-refractivity contribution in [2.75, 3.05) is 18.0 Å². The molecule has 3 heterocycles. The van der Waals surface area contributed by atoms with Crippen LogP contribution in [-0.2, 0) is 9.84 Å². The number of hydrogen-bond donors (Lipinski definition) is 0. The van der Waals surface area contributed by atoms with Gasteiger partial charge in [0.1, 0.15) is 5.82 Å². The Hall–Kier alpha value is -3.00. The fourth-order valence-corrected chi connectivity index (χ4v) is 5.54. The molecule has 1 saturated heterocycles. The van der Waals surface area contributed by atoms with E-state index in [4.69, 9.17) is 4.98 Å². The number of rotatable bonds is 4. The van der Waals surface area contributed by atoms with Crippen LogP contribution in [-0.4, -0.2) is 41.3 Å². The summed E-state index contributed by atoms with van der Waals surface area (Å²) >= 11 is 0. The molecule has 166 valence electrons. The number of sulfone groups is 1. The molecule has 5 rings (SSSR count). The molecule has 2 aromatic carbocycles. The largest absolute Gasteiger partial charge is 0.356 e. The third-order valence-electron chi connectivity index (χ3n) is 6.40. The second kappa shape index (κ2) is 7.85. The van der Waals surface area contributed by atoms with Crippen LogP contribution in [0.15, 0.2) is 58.5 Å². The molecule has 0 radical (unpaired) electrons. The Morgan fingerprint density at radius 1 is 1.00 bits per heavy atom. The van der Waals surface area contributed by atoms with E-state index in [1.165, 1.54) is 0 Å². The zero-order valence-electron chi connectivity index (χ0n) is 18.6. The molecule has 0 N–H and O–H groups in total. The Labute approximate surface area is 188 Å². The summed E-state index contributed by atoms with van der Waals surface area (Å²) < 4.78 is 28.5. The molecule has 0 unspecified atom stereocenters. The minimum atomic E-state index is -3.87. The number of hydrogen-bond acceptors (Lipinski definition) is 6. The molecule has 1 fully saturated rings. The highest BCUT2D eigenvalue weighted by Crippen LogP contribution is 2.32. The van der Waals surface area contributed by atoms with Crippen molar-refractivity contribution in [3.63, 3.8) is 0 Å². The molecule has 32 heavy (non-hydrogen) atoms. The van der Waals surface area contributed by atoms with E-state index in [2.05, 4.69) is 36.0 Å². The van der Waals surface area contributed by atoms with Crippen LogP contribution in [0.4, 0.5) is 5.82 Å². The molecule has 0 atom stereocenters. The summed E-state index contributed by atoms with van der Waals surface area (Å²) in [5, 5.41) is 9.13. The second-order valence-electron chi connectivity index (χ2n) is 8.98. The molecule has 8 heteroatoms. The number of nitrogens with zero attached hydrogens (tertiary/aromatic N) is 5. The van der Waals surface area contributed by atoms with E-state index in [-0.39, 0.29) is 15.6 Å². The fourth-order valence-electron chi connectivity index (χ4n) is 4.31. The monoisotopic (exact) mass is 449 g/mol. The summed E-state index contributed by atoms with van der Waals surface area (Å²) in [4.78, 5) is 7.29. The smallest absolute Gasteiger partial charge is 0.229 e. The molecule has 1 aliphatic heterocycles. The predicted molar refractivity (Wildman–Crippen MR) is 125 cm³/mol. The second-order valence-corrected chi connectivity index (χ2v) is 10.8. The molecule has 0 saturated carbocycles. The quantitative estimate of drug-likeness (QED) is 0.457. The van der Waals surface area contributed by atoms with E-state index in [1.807, 2.05) is 36.4 Å². The first-order chi connectivity index (χ1) is 15.4. The SMILES string of the molecule is CC1CCN(c2nc3c(S(=O)(=O)c4ccc(C(C)C)cc4)nnn3c3ccccc23)CC1. The molecule has 1 aliphatic rings. The molecule has 0 aliphatic carbocycles. The van der Waals surface area contributed by atoms with Gasteiger partial charge in [-0.2, -0.15) is 4.52 Å². The van der Waals surface area contributed by atoms with Crippen LogP contribution in [0.5, 0.6) is 0 Å². The van der Waals surface area contributed by atoms with Crippen molar-refractivity contribution >= 4 is 32.2 Å². The molecule has 0 amide bonds. The van der Waals surface area contributed by atoms with Crippen LogP contribution in [0.1, 0.15) is 45.1 Å². The number of piperidine rings is 1. The summed E-state index contributed by atoms with van der Waals surface area (Å²) in [6.45, 7) is 8.22. The minimum Gasteiger partial charge on any atom is -0.356 e. The lowest BCUT2D eigenvalue weighted by atomic mass is 9.99. The normalized spacial score (nSPS) is 15.8. The van der Waals surface area contributed by atoms with Crippen LogP contribution in [0.25, 0.3) is 16.6 Å². The van der Waals surface area contributed by atoms with Crippen molar-refractivity contribution in [2.45, 2.75) is 49.5 Å². The molecule has 0 bridgehead atoms. The van der Waals surface area contributed by atoms with Gasteiger partial charge in [0.2, 0.25) is 14.9 Å². The van der Waals surface area contributed by atoms with Crippen LogP contribution in [0.3, 0.4) is 0 Å². The number of anilines is 1. The van der Waals surface area contributed by atoms with E-state index >= 15 is 0 Å². The van der Waals surface area contributed by atoms with Crippen molar-refractivity contribution in [1.82, 2.24) is 19.8 Å². The van der Waals surface area contributed by atoms with Gasteiger partial charge in [-0.1, -0.05) is 50.3 Å². The van der Waals surface area contributed by atoms with Crippen molar-refractivity contribution < 1.29 is 8.42 Å². The first-order valence-corrected chi connectivity index (χ1v) is 12.6. The highest BCUT2D eigenvalue weighted by Gasteiger charge is 2.28. The fraction of sp³-hybridized carbons (Fsp3) is 0.375. The maximum Gasteiger partial charge on any atom is 0.229 e. The van der Waals surface area contributed by atoms with Crippen molar-refractivity contribution in [1.29, 1.82) is 0 Å². The van der Waals surface area contributed by atoms with E-state index in [1.54, 1.807) is 16.6 Å². The average Bonchev–Trinajstić information content (AvgIpc) is 3.24. The summed E-state index contributed by atoms with van der Waals surface area (Å²) in [5.41, 5.74) is 2.16. The molecular formula is C24H27N5O2S. The molecule has 2 aromatic heterocycles. The summed E-state index contributed by atoms with van der Waals surface area (Å²) in [6.07, 6.45) is 2.18. The van der Waals surface area contributed by atoms with Crippen molar-refractivity contribution in [3.8, 4) is 0 Å². The number of fused-ring (bicyclic) bond motifs is 3. The summed E-state index contributed by atoms with van der Waals surface area (Å²) in [6, 6.07) is 14.8.